The van der Waals surface area contributed by atoms with E-state index in [1.165, 1.54) is 0 Å². The van der Waals surface area contributed by atoms with Gasteiger partial charge in [-0.3, -0.25) is 9.59 Å². The molecule has 4 nitrogen and oxygen atoms in total. The lowest BCUT2D eigenvalue weighted by atomic mass is 9.93. The molecule has 1 fully saturated rings. The molecule has 0 bridgehead atoms. The van der Waals surface area contributed by atoms with Gasteiger partial charge in [-0.25, -0.2) is 0 Å². The minimum atomic E-state index is -0.891. The van der Waals surface area contributed by atoms with Crippen LogP contribution in [0.2, 0.25) is 0 Å². The predicted octanol–water partition coefficient (Wildman–Crippen LogP) is 2.38. The molecular weight excluding hydrogens is 242 g/mol. The Bertz CT molecular complexity index is 481. The van der Waals surface area contributed by atoms with Gasteiger partial charge in [0.2, 0.25) is 5.91 Å². The van der Waals surface area contributed by atoms with Crippen LogP contribution in [0.1, 0.15) is 36.9 Å². The van der Waals surface area contributed by atoms with Crippen molar-refractivity contribution in [2.24, 2.45) is 5.92 Å². The smallest absolute Gasteiger partial charge is 0.309 e. The van der Waals surface area contributed by atoms with Gasteiger partial charge in [-0.05, 0) is 18.9 Å². The SMILES string of the molecule is CCCN1C(=O)CC(C(=O)O)C1c1ccc(C)cc1. The maximum absolute atomic E-state index is 12.0. The summed E-state index contributed by atoms with van der Waals surface area (Å²) >= 11 is 0. The van der Waals surface area contributed by atoms with Crippen LogP contribution in [0.4, 0.5) is 0 Å². The number of benzene rings is 1. The Balaban J connectivity index is 2.37. The first kappa shape index (κ1) is 13.6. The minimum absolute atomic E-state index is 0.0557. The fourth-order valence-electron chi connectivity index (χ4n) is 2.69. The quantitative estimate of drug-likeness (QED) is 0.905. The van der Waals surface area contributed by atoms with Gasteiger partial charge in [0.1, 0.15) is 0 Å². The molecule has 0 radical (unpaired) electrons. The molecule has 1 aliphatic heterocycles. The van der Waals surface area contributed by atoms with Crippen LogP contribution in [-0.4, -0.2) is 28.4 Å². The standard InChI is InChI=1S/C15H19NO3/c1-3-8-16-13(17)9-12(15(18)19)14(16)11-6-4-10(2)5-7-11/h4-7,12,14H,3,8-9H2,1-2H3,(H,18,19). The number of carbonyl (C=O) groups excluding carboxylic acids is 1. The number of likely N-dealkylation sites (tertiary alicyclic amines) is 1. The number of nitrogens with zero attached hydrogens (tertiary/aromatic N) is 1. The molecule has 1 aromatic rings. The highest BCUT2D eigenvalue weighted by molar-refractivity contribution is 5.87. The summed E-state index contributed by atoms with van der Waals surface area (Å²) in [4.78, 5) is 25.1. The first-order valence-corrected chi connectivity index (χ1v) is 6.63. The number of hydrogen-bond acceptors (Lipinski definition) is 2. The van der Waals surface area contributed by atoms with Crippen LogP contribution in [0, 0.1) is 12.8 Å². The first-order chi connectivity index (χ1) is 9.04. The summed E-state index contributed by atoms with van der Waals surface area (Å²) < 4.78 is 0. The summed E-state index contributed by atoms with van der Waals surface area (Å²) in [6.07, 6.45) is 0.939. The van der Waals surface area contributed by atoms with Gasteiger partial charge in [0, 0.05) is 13.0 Å². The molecule has 2 unspecified atom stereocenters. The molecule has 1 heterocycles. The van der Waals surface area contributed by atoms with Crippen molar-refractivity contribution in [3.63, 3.8) is 0 Å². The molecule has 0 spiro atoms. The molecular formula is C15H19NO3. The summed E-state index contributed by atoms with van der Waals surface area (Å²) in [6, 6.07) is 7.45. The Hall–Kier alpha value is -1.84. The van der Waals surface area contributed by atoms with Gasteiger partial charge in [0.05, 0.1) is 12.0 Å². The summed E-state index contributed by atoms with van der Waals surface area (Å²) in [5.74, 6) is -1.58. The van der Waals surface area contributed by atoms with Gasteiger partial charge in [-0.1, -0.05) is 36.8 Å². The third kappa shape index (κ3) is 2.62. The Kier molecular flexibility index (Phi) is 3.88. The fraction of sp³-hybridized carbons (Fsp3) is 0.467. The molecule has 1 amide bonds. The largest absolute Gasteiger partial charge is 0.481 e. The third-order valence-corrected chi connectivity index (χ3v) is 3.63. The number of rotatable bonds is 4. The molecule has 0 aliphatic carbocycles. The van der Waals surface area contributed by atoms with Gasteiger partial charge >= 0.3 is 5.97 Å². The number of hydrogen-bond donors (Lipinski definition) is 1. The second-order valence-corrected chi connectivity index (χ2v) is 5.09. The highest BCUT2D eigenvalue weighted by atomic mass is 16.4. The van der Waals surface area contributed by atoms with Crippen molar-refractivity contribution in [1.29, 1.82) is 0 Å². The number of aryl methyl sites for hydroxylation is 1. The van der Waals surface area contributed by atoms with E-state index in [1.54, 1.807) is 4.90 Å². The zero-order chi connectivity index (χ0) is 14.0. The number of aliphatic carboxylic acids is 1. The van der Waals surface area contributed by atoms with Crippen molar-refractivity contribution in [3.05, 3.63) is 35.4 Å². The lowest BCUT2D eigenvalue weighted by Crippen LogP contribution is -2.31. The number of carboxylic acid groups (broad SMARTS) is 1. The molecule has 2 rings (SSSR count). The second kappa shape index (κ2) is 5.43. The summed E-state index contributed by atoms with van der Waals surface area (Å²) in [5, 5.41) is 9.32. The van der Waals surface area contributed by atoms with Crippen molar-refractivity contribution >= 4 is 11.9 Å². The Morgan fingerprint density at radius 1 is 1.37 bits per heavy atom. The average molecular weight is 261 g/mol. The van der Waals surface area contributed by atoms with Gasteiger partial charge < -0.3 is 10.0 Å². The predicted molar refractivity (Wildman–Crippen MR) is 71.7 cm³/mol. The van der Waals surface area contributed by atoms with Crippen LogP contribution in [0.3, 0.4) is 0 Å². The number of carbonyl (C=O) groups is 2. The van der Waals surface area contributed by atoms with Gasteiger partial charge in [0.15, 0.2) is 0 Å². The van der Waals surface area contributed by atoms with Crippen LogP contribution in [0.25, 0.3) is 0 Å². The van der Waals surface area contributed by atoms with Crippen LogP contribution in [0.5, 0.6) is 0 Å². The maximum atomic E-state index is 12.0. The average Bonchev–Trinajstić information content (AvgIpc) is 2.69. The van der Waals surface area contributed by atoms with E-state index in [1.807, 2.05) is 38.1 Å². The lowest BCUT2D eigenvalue weighted by Gasteiger charge is -2.27. The van der Waals surface area contributed by atoms with Crippen molar-refractivity contribution in [2.45, 2.75) is 32.7 Å². The highest BCUT2D eigenvalue weighted by Gasteiger charge is 2.44. The van der Waals surface area contributed by atoms with E-state index < -0.39 is 11.9 Å². The molecule has 0 aromatic heterocycles. The van der Waals surface area contributed by atoms with Crippen LogP contribution in [0.15, 0.2) is 24.3 Å². The highest BCUT2D eigenvalue weighted by Crippen LogP contribution is 2.38. The molecule has 19 heavy (non-hydrogen) atoms. The van der Waals surface area contributed by atoms with Crippen LogP contribution in [-0.2, 0) is 9.59 Å². The molecule has 1 N–H and O–H groups in total. The maximum Gasteiger partial charge on any atom is 0.309 e. The zero-order valence-electron chi connectivity index (χ0n) is 11.3. The molecule has 2 atom stereocenters. The van der Waals surface area contributed by atoms with E-state index in [9.17, 15) is 14.7 Å². The van der Waals surface area contributed by atoms with E-state index >= 15 is 0 Å². The molecule has 1 aliphatic rings. The summed E-state index contributed by atoms with van der Waals surface area (Å²) in [5.41, 5.74) is 2.04. The van der Waals surface area contributed by atoms with E-state index in [2.05, 4.69) is 0 Å². The minimum Gasteiger partial charge on any atom is -0.481 e. The van der Waals surface area contributed by atoms with E-state index in [4.69, 9.17) is 0 Å². The van der Waals surface area contributed by atoms with Crippen LogP contribution < -0.4 is 0 Å². The van der Waals surface area contributed by atoms with Gasteiger partial charge in [-0.15, -0.1) is 0 Å². The Morgan fingerprint density at radius 2 is 2.00 bits per heavy atom. The first-order valence-electron chi connectivity index (χ1n) is 6.63. The number of carboxylic acids is 1. The normalized spacial score (nSPS) is 22.8. The number of amides is 1. The summed E-state index contributed by atoms with van der Waals surface area (Å²) in [7, 11) is 0. The van der Waals surface area contributed by atoms with Crippen molar-refractivity contribution < 1.29 is 14.7 Å². The van der Waals surface area contributed by atoms with Crippen LogP contribution >= 0.6 is 0 Å². The van der Waals surface area contributed by atoms with Crippen molar-refractivity contribution in [1.82, 2.24) is 4.90 Å². The Morgan fingerprint density at radius 3 is 2.53 bits per heavy atom. The topological polar surface area (TPSA) is 57.6 Å². The molecule has 4 heteroatoms. The van der Waals surface area contributed by atoms with Crippen molar-refractivity contribution in [3.8, 4) is 0 Å². The second-order valence-electron chi connectivity index (χ2n) is 5.09. The van der Waals surface area contributed by atoms with Gasteiger partial charge in [0.25, 0.3) is 0 Å². The van der Waals surface area contributed by atoms with Crippen molar-refractivity contribution in [2.75, 3.05) is 6.54 Å². The molecule has 1 aromatic carbocycles. The molecule has 1 saturated heterocycles. The molecule has 0 saturated carbocycles. The van der Waals surface area contributed by atoms with E-state index in [0.717, 1.165) is 17.5 Å². The molecule has 102 valence electrons. The zero-order valence-corrected chi connectivity index (χ0v) is 11.3. The lowest BCUT2D eigenvalue weighted by molar-refractivity contribution is -0.142. The monoisotopic (exact) mass is 261 g/mol. The van der Waals surface area contributed by atoms with E-state index in [-0.39, 0.29) is 18.4 Å². The third-order valence-electron chi connectivity index (χ3n) is 3.63. The fourth-order valence-corrected chi connectivity index (χ4v) is 2.69. The summed E-state index contributed by atoms with van der Waals surface area (Å²) in [6.45, 7) is 4.59. The van der Waals surface area contributed by atoms with E-state index in [0.29, 0.717) is 6.54 Å². The van der Waals surface area contributed by atoms with Gasteiger partial charge in [-0.2, -0.15) is 0 Å². The Labute approximate surface area is 113 Å².